The lowest BCUT2D eigenvalue weighted by Gasteiger charge is -2.12. The Morgan fingerprint density at radius 2 is 2.03 bits per heavy atom. The van der Waals surface area contributed by atoms with E-state index >= 15 is 0 Å². The number of ether oxygens (including phenoxy) is 3. The lowest BCUT2D eigenvalue weighted by molar-refractivity contribution is -0.385. The first-order chi connectivity index (χ1) is 14.4. The van der Waals surface area contributed by atoms with E-state index in [1.807, 2.05) is 6.07 Å². The van der Waals surface area contributed by atoms with Gasteiger partial charge in [-0.15, -0.1) is 0 Å². The van der Waals surface area contributed by atoms with Gasteiger partial charge in [-0.3, -0.25) is 14.9 Å². The molecular weight excluding hydrogens is 394 g/mol. The molecule has 1 atom stereocenters. The van der Waals surface area contributed by atoms with E-state index in [0.29, 0.717) is 17.0 Å². The molecule has 0 saturated heterocycles. The molecule has 30 heavy (non-hydrogen) atoms. The van der Waals surface area contributed by atoms with Crippen LogP contribution in [0, 0.1) is 21.4 Å². The van der Waals surface area contributed by atoms with Gasteiger partial charge < -0.3 is 19.5 Å². The second kappa shape index (κ2) is 8.74. The van der Waals surface area contributed by atoms with Crippen LogP contribution in [0.4, 0.5) is 11.4 Å². The van der Waals surface area contributed by atoms with Gasteiger partial charge in [0.15, 0.2) is 17.6 Å². The van der Waals surface area contributed by atoms with E-state index in [9.17, 15) is 19.7 Å². The quantitative estimate of drug-likeness (QED) is 0.332. The molecular formula is C20H15N3O7. The van der Waals surface area contributed by atoms with Crippen LogP contribution in [-0.4, -0.2) is 29.7 Å². The molecule has 0 aliphatic carbocycles. The summed E-state index contributed by atoms with van der Waals surface area (Å²) in [7, 11) is 0. The van der Waals surface area contributed by atoms with Gasteiger partial charge in [0.05, 0.1) is 28.2 Å². The van der Waals surface area contributed by atoms with Crippen molar-refractivity contribution in [1.82, 2.24) is 0 Å². The predicted molar refractivity (Wildman–Crippen MR) is 104 cm³/mol. The van der Waals surface area contributed by atoms with Crippen molar-refractivity contribution in [1.29, 1.82) is 5.26 Å². The summed E-state index contributed by atoms with van der Waals surface area (Å²) in [6.45, 7) is 1.32. The second-order valence-corrected chi connectivity index (χ2v) is 6.12. The van der Waals surface area contributed by atoms with Crippen LogP contribution in [0.15, 0.2) is 42.5 Å². The minimum Gasteiger partial charge on any atom is -0.454 e. The number of anilines is 1. The van der Waals surface area contributed by atoms with Gasteiger partial charge in [-0.1, -0.05) is 6.07 Å². The number of nitriles is 1. The van der Waals surface area contributed by atoms with Crippen molar-refractivity contribution in [3.63, 3.8) is 0 Å². The number of nitro groups is 1. The number of carbonyl (C=O) groups is 2. The Morgan fingerprint density at radius 3 is 2.73 bits per heavy atom. The van der Waals surface area contributed by atoms with E-state index in [2.05, 4.69) is 5.32 Å². The zero-order chi connectivity index (χ0) is 21.7. The monoisotopic (exact) mass is 409 g/mol. The SMILES string of the molecule is C[C@H](OC(=O)/C=C/c1cc2c(cc1[N+](=O)[O-])OCO2)C(=O)Nc1cccc(C#N)c1. The van der Waals surface area contributed by atoms with E-state index in [-0.39, 0.29) is 23.8 Å². The van der Waals surface area contributed by atoms with Crippen molar-refractivity contribution in [3.8, 4) is 17.6 Å². The van der Waals surface area contributed by atoms with Crippen LogP contribution in [0.5, 0.6) is 11.5 Å². The Hall–Kier alpha value is -4.39. The van der Waals surface area contributed by atoms with Crippen LogP contribution in [0.3, 0.4) is 0 Å². The number of rotatable bonds is 6. The van der Waals surface area contributed by atoms with Crippen molar-refractivity contribution < 1.29 is 28.7 Å². The lowest BCUT2D eigenvalue weighted by Crippen LogP contribution is -2.29. The van der Waals surface area contributed by atoms with Gasteiger partial charge in [0.25, 0.3) is 11.6 Å². The predicted octanol–water partition coefficient (Wildman–Crippen LogP) is 2.78. The number of fused-ring (bicyclic) bond motifs is 1. The fourth-order valence-corrected chi connectivity index (χ4v) is 2.57. The standard InChI is InChI=1S/C20H15N3O7/c1-12(20(25)22-15-4-2-3-13(7-15)10-21)30-19(24)6-5-14-8-17-18(29-11-28-17)9-16(14)23(26)27/h2-9,12H,11H2,1H3,(H,22,25)/b6-5+/t12-/m0/s1. The van der Waals surface area contributed by atoms with Gasteiger partial charge >= 0.3 is 5.97 Å². The molecule has 0 saturated carbocycles. The number of nitrogens with one attached hydrogen (secondary N) is 1. The number of nitro benzene ring substituents is 1. The van der Waals surface area contributed by atoms with Crippen molar-refractivity contribution in [2.45, 2.75) is 13.0 Å². The molecule has 0 fully saturated rings. The Morgan fingerprint density at radius 1 is 1.30 bits per heavy atom. The molecule has 2 aromatic carbocycles. The van der Waals surface area contributed by atoms with E-state index in [0.717, 1.165) is 6.08 Å². The van der Waals surface area contributed by atoms with Crippen LogP contribution in [0.1, 0.15) is 18.1 Å². The second-order valence-electron chi connectivity index (χ2n) is 6.12. The molecule has 3 rings (SSSR count). The average Bonchev–Trinajstić information content (AvgIpc) is 3.19. The van der Waals surface area contributed by atoms with Gasteiger partial charge in [0.2, 0.25) is 6.79 Å². The van der Waals surface area contributed by atoms with Crippen molar-refractivity contribution >= 4 is 29.3 Å². The molecule has 0 bridgehead atoms. The van der Waals surface area contributed by atoms with Crippen LogP contribution in [0.25, 0.3) is 6.08 Å². The molecule has 1 heterocycles. The molecule has 1 N–H and O–H groups in total. The highest BCUT2D eigenvalue weighted by atomic mass is 16.7. The Labute approximate surface area is 170 Å². The summed E-state index contributed by atoms with van der Waals surface area (Å²) in [6.07, 6.45) is 1.04. The largest absolute Gasteiger partial charge is 0.454 e. The zero-order valence-corrected chi connectivity index (χ0v) is 15.7. The van der Waals surface area contributed by atoms with Crippen molar-refractivity contribution in [2.75, 3.05) is 12.1 Å². The minimum absolute atomic E-state index is 0.0500. The topological polar surface area (TPSA) is 141 Å². The Bertz CT molecular complexity index is 1090. The van der Waals surface area contributed by atoms with Gasteiger partial charge in [0, 0.05) is 11.8 Å². The van der Waals surface area contributed by atoms with Crippen LogP contribution < -0.4 is 14.8 Å². The highest BCUT2D eigenvalue weighted by Gasteiger charge is 2.22. The van der Waals surface area contributed by atoms with Crippen LogP contribution in [-0.2, 0) is 14.3 Å². The normalized spacial score (nSPS) is 12.8. The third-order valence-electron chi connectivity index (χ3n) is 4.04. The van der Waals surface area contributed by atoms with E-state index in [1.165, 1.54) is 31.2 Å². The average molecular weight is 409 g/mol. The summed E-state index contributed by atoms with van der Waals surface area (Å²) in [5, 5.41) is 22.7. The molecule has 0 radical (unpaired) electrons. The van der Waals surface area contributed by atoms with E-state index in [1.54, 1.807) is 18.2 Å². The molecule has 1 aliphatic heterocycles. The number of hydrogen-bond donors (Lipinski definition) is 1. The van der Waals surface area contributed by atoms with Crippen LogP contribution in [0.2, 0.25) is 0 Å². The van der Waals surface area contributed by atoms with Gasteiger partial charge in [-0.05, 0) is 37.3 Å². The highest BCUT2D eigenvalue weighted by molar-refractivity contribution is 5.96. The number of benzene rings is 2. The lowest BCUT2D eigenvalue weighted by atomic mass is 10.1. The van der Waals surface area contributed by atoms with Gasteiger partial charge in [0.1, 0.15) is 0 Å². The van der Waals surface area contributed by atoms with Crippen molar-refractivity contribution in [2.24, 2.45) is 0 Å². The summed E-state index contributed by atoms with van der Waals surface area (Å²) in [6, 6.07) is 10.8. The Kier molecular flexibility index (Phi) is 5.93. The zero-order valence-electron chi connectivity index (χ0n) is 15.7. The summed E-state index contributed by atoms with van der Waals surface area (Å²) in [5.41, 5.74) is 0.595. The van der Waals surface area contributed by atoms with Crippen LogP contribution >= 0.6 is 0 Å². The van der Waals surface area contributed by atoms with Gasteiger partial charge in [-0.25, -0.2) is 4.79 Å². The molecule has 10 nitrogen and oxygen atoms in total. The molecule has 10 heteroatoms. The third kappa shape index (κ3) is 4.71. The molecule has 1 amide bonds. The fraction of sp³-hybridized carbons (Fsp3) is 0.150. The van der Waals surface area contributed by atoms with E-state index < -0.39 is 22.9 Å². The smallest absolute Gasteiger partial charge is 0.331 e. The summed E-state index contributed by atoms with van der Waals surface area (Å²) >= 11 is 0. The van der Waals surface area contributed by atoms with E-state index in [4.69, 9.17) is 19.5 Å². The first-order valence-corrected chi connectivity index (χ1v) is 8.65. The fourth-order valence-electron chi connectivity index (χ4n) is 2.57. The molecule has 0 unspecified atom stereocenters. The Balaban J connectivity index is 1.65. The van der Waals surface area contributed by atoms with Crippen molar-refractivity contribution in [3.05, 3.63) is 63.7 Å². The van der Waals surface area contributed by atoms with Gasteiger partial charge in [-0.2, -0.15) is 5.26 Å². The number of amides is 1. The molecule has 2 aromatic rings. The first kappa shape index (κ1) is 20.3. The number of esters is 1. The maximum Gasteiger partial charge on any atom is 0.331 e. The summed E-state index contributed by atoms with van der Waals surface area (Å²) in [5.74, 6) is -0.899. The molecule has 0 aromatic heterocycles. The third-order valence-corrected chi connectivity index (χ3v) is 4.04. The maximum atomic E-state index is 12.2. The molecule has 152 valence electrons. The summed E-state index contributed by atoms with van der Waals surface area (Å²) in [4.78, 5) is 34.8. The first-order valence-electron chi connectivity index (χ1n) is 8.65. The number of hydrogen-bond acceptors (Lipinski definition) is 8. The summed E-state index contributed by atoms with van der Waals surface area (Å²) < 4.78 is 15.3. The molecule has 1 aliphatic rings. The highest BCUT2D eigenvalue weighted by Crippen LogP contribution is 2.38. The molecule has 0 spiro atoms. The maximum absolute atomic E-state index is 12.2. The number of carbonyl (C=O) groups excluding carboxylic acids is 2. The minimum atomic E-state index is -1.14. The number of nitrogens with zero attached hydrogens (tertiary/aromatic N) is 2.